The lowest BCUT2D eigenvalue weighted by molar-refractivity contribution is 0.452. The maximum atomic E-state index is 2.67. The SMILES string of the molecule is CC(C)CC12CN1C2(c1ccccc1)c1ccccc1. The molecule has 0 bridgehead atoms. The van der Waals surface area contributed by atoms with Crippen LogP contribution >= 0.6 is 0 Å². The van der Waals surface area contributed by atoms with Crippen molar-refractivity contribution in [2.45, 2.75) is 31.3 Å². The molecule has 0 saturated carbocycles. The second-order valence-corrected chi connectivity index (χ2v) is 6.66. The highest BCUT2D eigenvalue weighted by atomic mass is 15.6. The largest absolute Gasteiger partial charge is 0.277 e. The van der Waals surface area contributed by atoms with Crippen molar-refractivity contribution in [2.24, 2.45) is 5.92 Å². The smallest absolute Gasteiger partial charge is 0.0922 e. The van der Waals surface area contributed by atoms with Gasteiger partial charge in [-0.3, -0.25) is 4.90 Å². The lowest BCUT2D eigenvalue weighted by atomic mass is 9.76. The molecule has 0 aromatic heterocycles. The summed E-state index contributed by atoms with van der Waals surface area (Å²) in [6.45, 7) is 5.93. The lowest BCUT2D eigenvalue weighted by Gasteiger charge is -2.27. The minimum atomic E-state index is 0.153. The van der Waals surface area contributed by atoms with Crippen molar-refractivity contribution in [1.29, 1.82) is 0 Å². The predicted octanol–water partition coefficient (Wildman–Crippen LogP) is 4.04. The van der Waals surface area contributed by atoms with Crippen molar-refractivity contribution in [2.75, 3.05) is 6.54 Å². The number of fused-ring (bicyclic) bond motifs is 1. The Morgan fingerprint density at radius 3 is 1.80 bits per heavy atom. The maximum Gasteiger partial charge on any atom is 0.0922 e. The first-order valence-corrected chi connectivity index (χ1v) is 7.60. The molecule has 2 aliphatic rings. The highest BCUT2D eigenvalue weighted by Gasteiger charge is 2.87. The van der Waals surface area contributed by atoms with Crippen LogP contribution in [0.15, 0.2) is 60.7 Å². The van der Waals surface area contributed by atoms with E-state index < -0.39 is 0 Å². The van der Waals surface area contributed by atoms with Gasteiger partial charge in [-0.1, -0.05) is 74.5 Å². The average Bonchev–Trinajstić information content (AvgIpc) is 3.30. The molecule has 1 nitrogen and oxygen atoms in total. The highest BCUT2D eigenvalue weighted by molar-refractivity contribution is 5.59. The minimum absolute atomic E-state index is 0.153. The normalized spacial score (nSPS) is 29.1. The van der Waals surface area contributed by atoms with Crippen LogP contribution in [0.1, 0.15) is 31.4 Å². The van der Waals surface area contributed by atoms with Gasteiger partial charge in [-0.2, -0.15) is 0 Å². The number of nitrogens with zero attached hydrogens (tertiary/aromatic N) is 1. The van der Waals surface area contributed by atoms with E-state index in [2.05, 4.69) is 79.4 Å². The molecule has 2 unspecified atom stereocenters. The molecule has 2 aromatic rings. The molecule has 2 aromatic carbocycles. The van der Waals surface area contributed by atoms with Crippen molar-refractivity contribution in [1.82, 2.24) is 4.90 Å². The molecular weight excluding hydrogens is 242 g/mol. The fraction of sp³-hybridized carbons (Fsp3) is 0.368. The van der Waals surface area contributed by atoms with Crippen LogP contribution in [0.4, 0.5) is 0 Å². The Morgan fingerprint density at radius 1 is 0.900 bits per heavy atom. The molecule has 2 atom stereocenters. The van der Waals surface area contributed by atoms with Crippen LogP contribution in [0, 0.1) is 5.92 Å². The summed E-state index contributed by atoms with van der Waals surface area (Å²) < 4.78 is 0. The molecule has 2 heterocycles. The van der Waals surface area contributed by atoms with Crippen molar-refractivity contribution < 1.29 is 0 Å². The Bertz CT molecular complexity index is 577. The molecule has 2 aliphatic heterocycles. The van der Waals surface area contributed by atoms with Gasteiger partial charge in [0.15, 0.2) is 0 Å². The highest BCUT2D eigenvalue weighted by Crippen LogP contribution is 2.76. The second-order valence-electron chi connectivity index (χ2n) is 6.66. The van der Waals surface area contributed by atoms with E-state index in [1.165, 1.54) is 24.1 Å². The fourth-order valence-electron chi connectivity index (χ4n) is 4.26. The molecule has 0 spiro atoms. The van der Waals surface area contributed by atoms with Gasteiger partial charge in [0, 0.05) is 6.54 Å². The van der Waals surface area contributed by atoms with Crippen LogP contribution in [0.3, 0.4) is 0 Å². The second kappa shape index (κ2) is 3.95. The summed E-state index contributed by atoms with van der Waals surface area (Å²) in [6.07, 6.45) is 1.29. The average molecular weight is 263 g/mol. The number of benzene rings is 2. The molecule has 20 heavy (non-hydrogen) atoms. The van der Waals surface area contributed by atoms with Gasteiger partial charge in [-0.25, -0.2) is 0 Å². The maximum absolute atomic E-state index is 2.67. The van der Waals surface area contributed by atoms with Gasteiger partial charge in [0.05, 0.1) is 11.1 Å². The van der Waals surface area contributed by atoms with Crippen LogP contribution in [-0.2, 0) is 5.54 Å². The van der Waals surface area contributed by atoms with Gasteiger partial charge in [-0.05, 0) is 23.5 Å². The molecule has 102 valence electrons. The van der Waals surface area contributed by atoms with Crippen molar-refractivity contribution in [3.05, 3.63) is 71.8 Å². The predicted molar refractivity (Wildman–Crippen MR) is 82.6 cm³/mol. The minimum Gasteiger partial charge on any atom is -0.277 e. The topological polar surface area (TPSA) is 3.01 Å². The van der Waals surface area contributed by atoms with Crippen molar-refractivity contribution in [3.63, 3.8) is 0 Å². The molecule has 0 aliphatic carbocycles. The molecule has 0 radical (unpaired) electrons. The first kappa shape index (κ1) is 12.2. The third-order valence-corrected chi connectivity index (χ3v) is 4.99. The Kier molecular flexibility index (Phi) is 2.41. The van der Waals surface area contributed by atoms with E-state index in [1.807, 2.05) is 0 Å². The fourth-order valence-corrected chi connectivity index (χ4v) is 4.26. The van der Waals surface area contributed by atoms with Gasteiger partial charge < -0.3 is 0 Å². The van der Waals surface area contributed by atoms with E-state index in [9.17, 15) is 0 Å². The number of hydrogen-bond acceptors (Lipinski definition) is 1. The summed E-state index contributed by atoms with van der Waals surface area (Å²) in [7, 11) is 0. The molecule has 2 saturated heterocycles. The molecule has 0 N–H and O–H groups in total. The third-order valence-electron chi connectivity index (χ3n) is 4.99. The first-order valence-electron chi connectivity index (χ1n) is 7.60. The number of rotatable bonds is 4. The Balaban J connectivity index is 1.82. The summed E-state index contributed by atoms with van der Waals surface area (Å²) >= 11 is 0. The molecule has 0 amide bonds. The molecule has 2 fully saturated rings. The lowest BCUT2D eigenvalue weighted by Crippen LogP contribution is -2.32. The van der Waals surface area contributed by atoms with Crippen LogP contribution in [-0.4, -0.2) is 17.0 Å². The Labute approximate surface area is 121 Å². The van der Waals surface area contributed by atoms with Gasteiger partial charge >= 0.3 is 0 Å². The Morgan fingerprint density at radius 2 is 1.40 bits per heavy atom. The zero-order chi connectivity index (χ0) is 13.8. The zero-order valence-corrected chi connectivity index (χ0v) is 12.2. The van der Waals surface area contributed by atoms with Crippen LogP contribution in [0.2, 0.25) is 0 Å². The standard InChI is InChI=1S/C19H21N/c1-15(2)13-18-14-20(18)19(18,16-9-5-3-6-10-16)17-11-7-4-8-12-17/h3-12,15H,13-14H2,1-2H3. The summed E-state index contributed by atoms with van der Waals surface area (Å²) in [5.41, 5.74) is 3.46. The summed E-state index contributed by atoms with van der Waals surface area (Å²) in [5.74, 6) is 0.745. The summed E-state index contributed by atoms with van der Waals surface area (Å²) in [6, 6.07) is 22.1. The van der Waals surface area contributed by atoms with E-state index in [1.54, 1.807) is 0 Å². The molecule has 1 heteroatoms. The van der Waals surface area contributed by atoms with Crippen LogP contribution < -0.4 is 0 Å². The molecule has 4 rings (SSSR count). The summed E-state index contributed by atoms with van der Waals surface area (Å²) in [5, 5.41) is 0. The van der Waals surface area contributed by atoms with Gasteiger partial charge in [0.2, 0.25) is 0 Å². The Hall–Kier alpha value is -1.60. The van der Waals surface area contributed by atoms with Crippen LogP contribution in [0.5, 0.6) is 0 Å². The first-order chi connectivity index (χ1) is 9.72. The summed E-state index contributed by atoms with van der Waals surface area (Å²) in [4.78, 5) is 2.67. The van der Waals surface area contributed by atoms with E-state index in [0.717, 1.165) is 5.92 Å². The van der Waals surface area contributed by atoms with Gasteiger partial charge in [0.1, 0.15) is 0 Å². The zero-order valence-electron chi connectivity index (χ0n) is 12.2. The van der Waals surface area contributed by atoms with Crippen molar-refractivity contribution in [3.8, 4) is 0 Å². The van der Waals surface area contributed by atoms with E-state index in [4.69, 9.17) is 0 Å². The van der Waals surface area contributed by atoms with E-state index >= 15 is 0 Å². The third kappa shape index (κ3) is 1.36. The van der Waals surface area contributed by atoms with Gasteiger partial charge in [-0.15, -0.1) is 0 Å². The number of hydrogen-bond donors (Lipinski definition) is 0. The van der Waals surface area contributed by atoms with Crippen molar-refractivity contribution >= 4 is 0 Å². The monoisotopic (exact) mass is 263 g/mol. The van der Waals surface area contributed by atoms with Gasteiger partial charge in [0.25, 0.3) is 0 Å². The van der Waals surface area contributed by atoms with E-state index in [0.29, 0.717) is 5.54 Å². The van der Waals surface area contributed by atoms with Crippen LogP contribution in [0.25, 0.3) is 0 Å². The quantitative estimate of drug-likeness (QED) is 0.752. The molecular formula is C19H21N. The van der Waals surface area contributed by atoms with E-state index in [-0.39, 0.29) is 5.54 Å².